The Morgan fingerprint density at radius 2 is 1.90 bits per heavy atom. The lowest BCUT2D eigenvalue weighted by Crippen LogP contribution is -2.18. The molecule has 2 aromatic heterocycles. The van der Waals surface area contributed by atoms with Crippen molar-refractivity contribution in [1.82, 2.24) is 9.38 Å². The van der Waals surface area contributed by atoms with Gasteiger partial charge >= 0.3 is 0 Å². The minimum atomic E-state index is -0.0388. The summed E-state index contributed by atoms with van der Waals surface area (Å²) >= 11 is 0. The van der Waals surface area contributed by atoms with Crippen LogP contribution in [-0.4, -0.2) is 21.0 Å². The highest BCUT2D eigenvalue weighted by atomic mass is 16.3. The molecule has 3 rings (SSSR count). The van der Waals surface area contributed by atoms with Gasteiger partial charge in [0.2, 0.25) is 0 Å². The topological polar surface area (TPSA) is 40.8 Å². The van der Waals surface area contributed by atoms with Gasteiger partial charge in [-0.25, -0.2) is 4.98 Å². The maximum absolute atomic E-state index is 9.75. The maximum atomic E-state index is 9.75. The number of aryl methyl sites for hydroxylation is 1. The van der Waals surface area contributed by atoms with Crippen LogP contribution in [0.15, 0.2) is 48.7 Å². The number of benzene rings is 1. The van der Waals surface area contributed by atoms with Gasteiger partial charge in [0.25, 0.3) is 0 Å². The highest BCUT2D eigenvalue weighted by molar-refractivity contribution is 5.66. The van der Waals surface area contributed by atoms with Crippen molar-refractivity contribution < 1.29 is 5.11 Å². The third-order valence-electron chi connectivity index (χ3n) is 3.68. The molecule has 0 bridgehead atoms. The van der Waals surface area contributed by atoms with E-state index in [1.807, 2.05) is 28.8 Å². The molecule has 0 aliphatic heterocycles. The fraction of sp³-hybridized carbons (Fsp3) is 0.235. The van der Waals surface area contributed by atoms with Crippen molar-refractivity contribution in [2.45, 2.75) is 20.5 Å². The Labute approximate surface area is 124 Å². The second kappa shape index (κ2) is 5.58. The van der Waals surface area contributed by atoms with Crippen LogP contribution in [0.2, 0.25) is 0 Å². The number of rotatable bonds is 4. The highest BCUT2D eigenvalue weighted by Gasteiger charge is 2.17. The van der Waals surface area contributed by atoms with Crippen LogP contribution in [-0.2, 0) is 6.61 Å². The number of pyridine rings is 1. The summed E-state index contributed by atoms with van der Waals surface area (Å²) in [5, 5.41) is 9.75. The molecular weight excluding hydrogens is 262 g/mol. The number of anilines is 2. The minimum Gasteiger partial charge on any atom is -0.390 e. The summed E-state index contributed by atoms with van der Waals surface area (Å²) in [6, 6.07) is 14.2. The predicted octanol–water partition coefficient (Wildman–Crippen LogP) is 3.29. The summed E-state index contributed by atoms with van der Waals surface area (Å²) in [6.07, 6.45) is 1.93. The zero-order valence-corrected chi connectivity index (χ0v) is 12.3. The average molecular weight is 281 g/mol. The minimum absolute atomic E-state index is 0.0388. The molecule has 3 aromatic rings. The number of hydrogen-bond donors (Lipinski definition) is 1. The fourth-order valence-corrected chi connectivity index (χ4v) is 2.58. The van der Waals surface area contributed by atoms with Gasteiger partial charge in [0.05, 0.1) is 12.3 Å². The van der Waals surface area contributed by atoms with E-state index in [0.29, 0.717) is 0 Å². The molecule has 0 aliphatic rings. The Bertz CT molecular complexity index is 746. The van der Waals surface area contributed by atoms with E-state index in [1.54, 1.807) is 0 Å². The number of fused-ring (bicyclic) bond motifs is 1. The standard InChI is InChI=1S/C17H19N3O/c1-3-19(14-9-7-13(2)8-10-14)17-15(12-21)20-11-5-4-6-16(20)18-17/h4-11,21H,3,12H2,1-2H3. The lowest BCUT2D eigenvalue weighted by molar-refractivity contribution is 0.276. The van der Waals surface area contributed by atoms with E-state index in [1.165, 1.54) is 5.56 Å². The Morgan fingerprint density at radius 1 is 1.14 bits per heavy atom. The van der Waals surface area contributed by atoms with Crippen LogP contribution in [0.3, 0.4) is 0 Å². The van der Waals surface area contributed by atoms with E-state index in [2.05, 4.69) is 48.0 Å². The quantitative estimate of drug-likeness (QED) is 0.797. The molecule has 21 heavy (non-hydrogen) atoms. The molecule has 2 heterocycles. The van der Waals surface area contributed by atoms with Gasteiger partial charge in [0, 0.05) is 18.4 Å². The molecule has 108 valence electrons. The van der Waals surface area contributed by atoms with E-state index >= 15 is 0 Å². The summed E-state index contributed by atoms with van der Waals surface area (Å²) < 4.78 is 1.94. The number of aromatic nitrogens is 2. The van der Waals surface area contributed by atoms with Gasteiger partial charge in [-0.3, -0.25) is 4.40 Å². The number of imidazole rings is 1. The first-order valence-electron chi connectivity index (χ1n) is 7.15. The van der Waals surface area contributed by atoms with Gasteiger partial charge in [0.15, 0.2) is 5.82 Å². The van der Waals surface area contributed by atoms with E-state index < -0.39 is 0 Å². The smallest absolute Gasteiger partial charge is 0.157 e. The normalized spacial score (nSPS) is 11.0. The molecule has 0 spiro atoms. The second-order valence-corrected chi connectivity index (χ2v) is 5.05. The van der Waals surface area contributed by atoms with Gasteiger partial charge in [0.1, 0.15) is 5.65 Å². The first-order chi connectivity index (χ1) is 10.2. The van der Waals surface area contributed by atoms with Crippen LogP contribution in [0.25, 0.3) is 5.65 Å². The Kier molecular flexibility index (Phi) is 3.62. The van der Waals surface area contributed by atoms with Crippen LogP contribution in [0.5, 0.6) is 0 Å². The van der Waals surface area contributed by atoms with Crippen molar-refractivity contribution in [1.29, 1.82) is 0 Å². The Balaban J connectivity index is 2.14. The van der Waals surface area contributed by atoms with Crippen molar-refractivity contribution in [2.24, 2.45) is 0 Å². The molecule has 0 atom stereocenters. The molecular formula is C17H19N3O. The molecule has 1 aromatic carbocycles. The summed E-state index contributed by atoms with van der Waals surface area (Å²) in [5.74, 6) is 0.815. The van der Waals surface area contributed by atoms with Crippen molar-refractivity contribution in [3.63, 3.8) is 0 Å². The lowest BCUT2D eigenvalue weighted by Gasteiger charge is -2.22. The SMILES string of the molecule is CCN(c1ccc(C)cc1)c1nc2ccccn2c1CO. The van der Waals surface area contributed by atoms with Gasteiger partial charge in [-0.15, -0.1) is 0 Å². The van der Waals surface area contributed by atoms with Gasteiger partial charge in [-0.2, -0.15) is 0 Å². The first kappa shape index (κ1) is 13.6. The molecule has 0 unspecified atom stereocenters. The van der Waals surface area contributed by atoms with Crippen LogP contribution in [0, 0.1) is 6.92 Å². The zero-order chi connectivity index (χ0) is 14.8. The number of nitrogens with zero attached hydrogens (tertiary/aromatic N) is 3. The van der Waals surface area contributed by atoms with Crippen molar-refractivity contribution in [3.8, 4) is 0 Å². The summed E-state index contributed by atoms with van der Waals surface area (Å²) in [6.45, 7) is 4.91. The van der Waals surface area contributed by atoms with Crippen molar-refractivity contribution >= 4 is 17.2 Å². The Hall–Kier alpha value is -2.33. The molecule has 0 fully saturated rings. The van der Waals surface area contributed by atoms with Gasteiger partial charge < -0.3 is 10.0 Å². The van der Waals surface area contributed by atoms with Crippen LogP contribution in [0.1, 0.15) is 18.2 Å². The zero-order valence-electron chi connectivity index (χ0n) is 12.3. The molecule has 0 amide bonds. The molecule has 4 heteroatoms. The Morgan fingerprint density at radius 3 is 2.57 bits per heavy atom. The highest BCUT2D eigenvalue weighted by Crippen LogP contribution is 2.28. The molecule has 0 saturated heterocycles. The third-order valence-corrected chi connectivity index (χ3v) is 3.68. The number of hydrogen-bond acceptors (Lipinski definition) is 3. The molecule has 0 saturated carbocycles. The summed E-state index contributed by atoms with van der Waals surface area (Å²) in [5.41, 5.74) is 3.98. The monoisotopic (exact) mass is 281 g/mol. The van der Waals surface area contributed by atoms with E-state index in [9.17, 15) is 5.11 Å². The van der Waals surface area contributed by atoms with Crippen molar-refractivity contribution in [3.05, 3.63) is 59.9 Å². The van der Waals surface area contributed by atoms with E-state index in [0.717, 1.165) is 29.4 Å². The van der Waals surface area contributed by atoms with Crippen LogP contribution < -0.4 is 4.90 Å². The van der Waals surface area contributed by atoms with Crippen LogP contribution >= 0.6 is 0 Å². The molecule has 0 aliphatic carbocycles. The molecule has 0 radical (unpaired) electrons. The van der Waals surface area contributed by atoms with Gasteiger partial charge in [-0.05, 0) is 38.1 Å². The van der Waals surface area contributed by atoms with Gasteiger partial charge in [-0.1, -0.05) is 23.8 Å². The fourth-order valence-electron chi connectivity index (χ4n) is 2.58. The number of aliphatic hydroxyl groups is 1. The van der Waals surface area contributed by atoms with E-state index in [-0.39, 0.29) is 6.61 Å². The van der Waals surface area contributed by atoms with Crippen molar-refractivity contribution in [2.75, 3.05) is 11.4 Å². The lowest BCUT2D eigenvalue weighted by atomic mass is 10.2. The molecule has 1 N–H and O–H groups in total. The largest absolute Gasteiger partial charge is 0.390 e. The maximum Gasteiger partial charge on any atom is 0.157 e. The number of aliphatic hydroxyl groups excluding tert-OH is 1. The summed E-state index contributed by atoms with van der Waals surface area (Å²) in [4.78, 5) is 6.81. The second-order valence-electron chi connectivity index (χ2n) is 5.05. The average Bonchev–Trinajstić information content (AvgIpc) is 2.88. The first-order valence-corrected chi connectivity index (χ1v) is 7.15. The van der Waals surface area contributed by atoms with Crippen LogP contribution in [0.4, 0.5) is 11.5 Å². The third kappa shape index (κ3) is 2.38. The predicted molar refractivity (Wildman–Crippen MR) is 85.0 cm³/mol. The summed E-state index contributed by atoms with van der Waals surface area (Å²) in [7, 11) is 0. The van der Waals surface area contributed by atoms with E-state index in [4.69, 9.17) is 0 Å². The molecule has 4 nitrogen and oxygen atoms in total.